The van der Waals surface area contributed by atoms with Gasteiger partial charge in [-0.1, -0.05) is 48.0 Å². The summed E-state index contributed by atoms with van der Waals surface area (Å²) in [5, 5.41) is 3.90. The maximum atomic E-state index is 13.2. The van der Waals surface area contributed by atoms with Gasteiger partial charge in [-0.25, -0.2) is 4.98 Å². The molecule has 138 valence electrons. The SMILES string of the molecule is Cc1ccc(-c2nc3ccccc3c(C(=O)Nc3ccc(I)cc3)c2C)cc1. The molecular formula is C24H19IN2O. The van der Waals surface area contributed by atoms with E-state index in [9.17, 15) is 4.79 Å². The Bertz CT molecular complexity index is 1170. The van der Waals surface area contributed by atoms with Crippen LogP contribution in [0.4, 0.5) is 5.69 Å². The zero-order chi connectivity index (χ0) is 19.7. The van der Waals surface area contributed by atoms with E-state index in [-0.39, 0.29) is 5.91 Å². The van der Waals surface area contributed by atoms with Gasteiger partial charge in [0.1, 0.15) is 0 Å². The van der Waals surface area contributed by atoms with Crippen LogP contribution >= 0.6 is 22.6 Å². The summed E-state index contributed by atoms with van der Waals surface area (Å²) < 4.78 is 1.13. The van der Waals surface area contributed by atoms with E-state index < -0.39 is 0 Å². The molecule has 0 aliphatic carbocycles. The van der Waals surface area contributed by atoms with Crippen LogP contribution in [0, 0.1) is 17.4 Å². The number of halogens is 1. The highest BCUT2D eigenvalue weighted by Crippen LogP contribution is 2.30. The van der Waals surface area contributed by atoms with Crippen LogP contribution in [-0.4, -0.2) is 10.9 Å². The van der Waals surface area contributed by atoms with Crippen molar-refractivity contribution in [1.29, 1.82) is 0 Å². The number of aromatic nitrogens is 1. The molecule has 0 spiro atoms. The Morgan fingerprint density at radius 3 is 2.29 bits per heavy atom. The third kappa shape index (κ3) is 3.64. The summed E-state index contributed by atoms with van der Waals surface area (Å²) in [6, 6.07) is 23.8. The van der Waals surface area contributed by atoms with E-state index in [1.54, 1.807) is 0 Å². The zero-order valence-corrected chi connectivity index (χ0v) is 17.8. The lowest BCUT2D eigenvalue weighted by Gasteiger charge is -2.15. The molecule has 1 N–H and O–H groups in total. The molecular weight excluding hydrogens is 459 g/mol. The van der Waals surface area contributed by atoms with E-state index in [2.05, 4.69) is 59.1 Å². The molecule has 1 aromatic heterocycles. The van der Waals surface area contributed by atoms with E-state index >= 15 is 0 Å². The fourth-order valence-corrected chi connectivity index (χ4v) is 3.68. The van der Waals surface area contributed by atoms with Crippen LogP contribution in [0.3, 0.4) is 0 Å². The molecule has 0 aliphatic rings. The van der Waals surface area contributed by atoms with Gasteiger partial charge in [-0.3, -0.25) is 4.79 Å². The molecule has 28 heavy (non-hydrogen) atoms. The molecule has 0 saturated carbocycles. The van der Waals surface area contributed by atoms with E-state index in [1.807, 2.05) is 55.5 Å². The van der Waals surface area contributed by atoms with Crippen molar-refractivity contribution in [1.82, 2.24) is 4.98 Å². The molecule has 0 atom stereocenters. The predicted octanol–water partition coefficient (Wildman–Crippen LogP) is 6.38. The van der Waals surface area contributed by atoms with E-state index in [0.29, 0.717) is 5.56 Å². The van der Waals surface area contributed by atoms with E-state index in [0.717, 1.165) is 37.0 Å². The highest BCUT2D eigenvalue weighted by atomic mass is 127. The van der Waals surface area contributed by atoms with Gasteiger partial charge in [-0.2, -0.15) is 0 Å². The van der Waals surface area contributed by atoms with E-state index in [1.165, 1.54) is 5.56 Å². The van der Waals surface area contributed by atoms with Gasteiger partial charge in [-0.15, -0.1) is 0 Å². The number of nitrogens with one attached hydrogen (secondary N) is 1. The average molecular weight is 478 g/mol. The number of carbonyl (C=O) groups is 1. The molecule has 0 radical (unpaired) electrons. The third-order valence-corrected chi connectivity index (χ3v) is 5.51. The molecule has 3 nitrogen and oxygen atoms in total. The Morgan fingerprint density at radius 1 is 0.893 bits per heavy atom. The minimum atomic E-state index is -0.120. The van der Waals surface area contributed by atoms with Crippen molar-refractivity contribution in [3.05, 3.63) is 93.1 Å². The molecule has 3 aromatic carbocycles. The molecule has 1 heterocycles. The van der Waals surface area contributed by atoms with Crippen LogP contribution in [0.5, 0.6) is 0 Å². The first-order valence-electron chi connectivity index (χ1n) is 9.06. The topological polar surface area (TPSA) is 42.0 Å². The van der Waals surface area contributed by atoms with Gasteiger partial charge >= 0.3 is 0 Å². The molecule has 4 aromatic rings. The van der Waals surface area contributed by atoms with Gasteiger partial charge in [0.2, 0.25) is 0 Å². The van der Waals surface area contributed by atoms with Gasteiger partial charge in [0.05, 0.1) is 16.8 Å². The smallest absolute Gasteiger partial charge is 0.256 e. The quantitative estimate of drug-likeness (QED) is 0.348. The average Bonchev–Trinajstić information content (AvgIpc) is 2.70. The van der Waals surface area contributed by atoms with E-state index in [4.69, 9.17) is 4.98 Å². The van der Waals surface area contributed by atoms with Gasteiger partial charge in [0.25, 0.3) is 5.91 Å². The van der Waals surface area contributed by atoms with Crippen molar-refractivity contribution in [3.8, 4) is 11.3 Å². The predicted molar refractivity (Wildman–Crippen MR) is 124 cm³/mol. The summed E-state index contributed by atoms with van der Waals surface area (Å²) >= 11 is 2.25. The van der Waals surface area contributed by atoms with Crippen molar-refractivity contribution in [3.63, 3.8) is 0 Å². The normalized spacial score (nSPS) is 10.8. The number of pyridine rings is 1. The fourth-order valence-electron chi connectivity index (χ4n) is 3.32. The second-order valence-corrected chi connectivity index (χ2v) is 8.05. The number of para-hydroxylation sites is 1. The standard InChI is InChI=1S/C24H19IN2O/c1-15-7-9-17(10-8-15)23-16(2)22(20-5-3-4-6-21(20)27-23)24(28)26-19-13-11-18(25)12-14-19/h3-14H,1-2H3,(H,26,28). The Labute approximate surface area is 178 Å². The molecule has 0 unspecified atom stereocenters. The molecule has 0 aliphatic heterocycles. The minimum Gasteiger partial charge on any atom is -0.322 e. The summed E-state index contributed by atoms with van der Waals surface area (Å²) in [6.07, 6.45) is 0. The Kier molecular flexibility index (Phi) is 5.13. The number of hydrogen-bond acceptors (Lipinski definition) is 2. The van der Waals surface area contributed by atoms with Gasteiger partial charge < -0.3 is 5.32 Å². The number of nitrogens with zero attached hydrogens (tertiary/aromatic N) is 1. The number of rotatable bonds is 3. The van der Waals surface area contributed by atoms with Crippen molar-refractivity contribution >= 4 is 45.1 Å². The second-order valence-electron chi connectivity index (χ2n) is 6.80. The van der Waals surface area contributed by atoms with Crippen LogP contribution in [0.2, 0.25) is 0 Å². The third-order valence-electron chi connectivity index (χ3n) is 4.79. The maximum Gasteiger partial charge on any atom is 0.256 e. The van der Waals surface area contributed by atoms with Crippen molar-refractivity contribution in [2.24, 2.45) is 0 Å². The maximum absolute atomic E-state index is 13.2. The monoisotopic (exact) mass is 478 g/mol. The van der Waals surface area contributed by atoms with Crippen LogP contribution in [0.25, 0.3) is 22.2 Å². The number of aryl methyl sites for hydroxylation is 1. The largest absolute Gasteiger partial charge is 0.322 e. The number of benzene rings is 3. The first-order chi connectivity index (χ1) is 13.5. The molecule has 1 amide bonds. The first-order valence-corrected chi connectivity index (χ1v) is 10.1. The molecule has 4 rings (SSSR count). The van der Waals surface area contributed by atoms with Crippen LogP contribution in [-0.2, 0) is 0 Å². The Hall–Kier alpha value is -2.73. The lowest BCUT2D eigenvalue weighted by atomic mass is 9.96. The van der Waals surface area contributed by atoms with Crippen LogP contribution < -0.4 is 5.32 Å². The number of anilines is 1. The summed E-state index contributed by atoms with van der Waals surface area (Å²) in [4.78, 5) is 18.1. The number of amides is 1. The number of hydrogen-bond donors (Lipinski definition) is 1. The highest BCUT2D eigenvalue weighted by molar-refractivity contribution is 14.1. The number of fused-ring (bicyclic) bond motifs is 1. The Balaban J connectivity index is 1.86. The van der Waals surface area contributed by atoms with Gasteiger partial charge in [-0.05, 0) is 72.3 Å². The fraction of sp³-hybridized carbons (Fsp3) is 0.0833. The van der Waals surface area contributed by atoms with Crippen molar-refractivity contribution < 1.29 is 4.79 Å². The van der Waals surface area contributed by atoms with Crippen LogP contribution in [0.15, 0.2) is 72.8 Å². The zero-order valence-electron chi connectivity index (χ0n) is 15.7. The summed E-state index contributed by atoms with van der Waals surface area (Å²) in [6.45, 7) is 4.03. The van der Waals surface area contributed by atoms with Crippen molar-refractivity contribution in [2.45, 2.75) is 13.8 Å². The van der Waals surface area contributed by atoms with Crippen LogP contribution in [0.1, 0.15) is 21.5 Å². The van der Waals surface area contributed by atoms with Crippen molar-refractivity contribution in [2.75, 3.05) is 5.32 Å². The lowest BCUT2D eigenvalue weighted by Crippen LogP contribution is -2.15. The lowest BCUT2D eigenvalue weighted by molar-refractivity contribution is 0.102. The summed E-state index contributed by atoms with van der Waals surface area (Å²) in [7, 11) is 0. The van der Waals surface area contributed by atoms with Gasteiger partial charge in [0, 0.05) is 20.2 Å². The summed E-state index contributed by atoms with van der Waals surface area (Å²) in [5.74, 6) is -0.120. The Morgan fingerprint density at radius 2 is 1.57 bits per heavy atom. The molecule has 4 heteroatoms. The molecule has 0 fully saturated rings. The minimum absolute atomic E-state index is 0.120. The molecule has 0 bridgehead atoms. The van der Waals surface area contributed by atoms with Gasteiger partial charge in [0.15, 0.2) is 0 Å². The summed E-state index contributed by atoms with van der Waals surface area (Å²) in [5.41, 5.74) is 6.19. The second kappa shape index (κ2) is 7.72. The number of carbonyl (C=O) groups excluding carboxylic acids is 1. The highest BCUT2D eigenvalue weighted by Gasteiger charge is 2.19. The first kappa shape index (κ1) is 18.6. The molecule has 0 saturated heterocycles.